The average molecular weight is 201 g/mol. The van der Waals surface area contributed by atoms with Crippen LogP contribution in [0.4, 0.5) is 0 Å². The first-order chi connectivity index (χ1) is 7.06. The van der Waals surface area contributed by atoms with Gasteiger partial charge in [-0.05, 0) is 37.1 Å². The Labute approximate surface area is 88.3 Å². The van der Waals surface area contributed by atoms with Crippen LogP contribution in [0.1, 0.15) is 25.0 Å². The standard InChI is InChI=1S/C12H11NO2/c1-8(9(2)12(14)15)11-5-3-4-10(6-11)7-13/h3-6H,1-2H3,(H,14,15)/b9-8-. The summed E-state index contributed by atoms with van der Waals surface area (Å²) in [7, 11) is 0. The van der Waals surface area contributed by atoms with Gasteiger partial charge in [-0.25, -0.2) is 4.79 Å². The number of hydrogen-bond donors (Lipinski definition) is 1. The molecule has 0 spiro atoms. The number of allylic oxidation sites excluding steroid dienone is 1. The third-order valence-electron chi connectivity index (χ3n) is 2.31. The Morgan fingerprint density at radius 1 is 1.40 bits per heavy atom. The van der Waals surface area contributed by atoms with Crippen molar-refractivity contribution in [3.05, 3.63) is 41.0 Å². The maximum absolute atomic E-state index is 10.7. The number of benzene rings is 1. The third kappa shape index (κ3) is 2.44. The van der Waals surface area contributed by atoms with Crippen LogP contribution in [0, 0.1) is 11.3 Å². The van der Waals surface area contributed by atoms with Crippen LogP contribution in [0.3, 0.4) is 0 Å². The second kappa shape index (κ2) is 4.43. The molecule has 1 aromatic rings. The normalized spacial score (nSPS) is 11.5. The molecular weight excluding hydrogens is 190 g/mol. The summed E-state index contributed by atoms with van der Waals surface area (Å²) in [5, 5.41) is 17.5. The Bertz CT molecular complexity index is 467. The van der Waals surface area contributed by atoms with E-state index >= 15 is 0 Å². The quantitative estimate of drug-likeness (QED) is 0.747. The molecule has 0 fully saturated rings. The Morgan fingerprint density at radius 2 is 2.07 bits per heavy atom. The molecule has 0 unspecified atom stereocenters. The molecule has 0 saturated carbocycles. The van der Waals surface area contributed by atoms with Gasteiger partial charge in [-0.2, -0.15) is 5.26 Å². The summed E-state index contributed by atoms with van der Waals surface area (Å²) in [6.07, 6.45) is 0. The van der Waals surface area contributed by atoms with Crippen molar-refractivity contribution in [3.8, 4) is 6.07 Å². The van der Waals surface area contributed by atoms with E-state index in [0.29, 0.717) is 16.7 Å². The Hall–Kier alpha value is -2.08. The molecular formula is C12H11NO2. The first-order valence-electron chi connectivity index (χ1n) is 4.47. The lowest BCUT2D eigenvalue weighted by atomic mass is 10.0. The van der Waals surface area contributed by atoms with Gasteiger partial charge in [-0.15, -0.1) is 0 Å². The molecule has 15 heavy (non-hydrogen) atoms. The van der Waals surface area contributed by atoms with Gasteiger partial charge in [-0.3, -0.25) is 0 Å². The molecule has 3 heteroatoms. The largest absolute Gasteiger partial charge is 0.478 e. The second-order valence-corrected chi connectivity index (χ2v) is 3.25. The highest BCUT2D eigenvalue weighted by Gasteiger charge is 2.07. The predicted octanol–water partition coefficient (Wildman–Crippen LogP) is 2.44. The molecule has 0 aromatic heterocycles. The molecule has 1 aromatic carbocycles. The number of carboxylic acids is 1. The first-order valence-corrected chi connectivity index (χ1v) is 4.47. The van der Waals surface area contributed by atoms with E-state index in [1.165, 1.54) is 0 Å². The zero-order valence-corrected chi connectivity index (χ0v) is 8.61. The lowest BCUT2D eigenvalue weighted by Crippen LogP contribution is -1.99. The predicted molar refractivity (Wildman–Crippen MR) is 57.1 cm³/mol. The number of carboxylic acid groups (broad SMARTS) is 1. The van der Waals surface area contributed by atoms with Crippen LogP contribution in [-0.2, 0) is 4.79 Å². The van der Waals surface area contributed by atoms with Crippen LogP contribution in [0.15, 0.2) is 29.8 Å². The minimum absolute atomic E-state index is 0.296. The maximum Gasteiger partial charge on any atom is 0.331 e. The van der Waals surface area contributed by atoms with E-state index < -0.39 is 5.97 Å². The van der Waals surface area contributed by atoms with Crippen LogP contribution in [0.5, 0.6) is 0 Å². The highest BCUT2D eigenvalue weighted by molar-refractivity contribution is 5.95. The molecule has 0 saturated heterocycles. The molecule has 0 atom stereocenters. The number of rotatable bonds is 2. The molecule has 0 aliphatic carbocycles. The number of carbonyl (C=O) groups is 1. The van der Waals surface area contributed by atoms with Crippen LogP contribution in [-0.4, -0.2) is 11.1 Å². The molecule has 0 aliphatic rings. The second-order valence-electron chi connectivity index (χ2n) is 3.25. The topological polar surface area (TPSA) is 61.1 Å². The average Bonchev–Trinajstić information content (AvgIpc) is 2.27. The van der Waals surface area contributed by atoms with Gasteiger partial charge in [0.25, 0.3) is 0 Å². The van der Waals surface area contributed by atoms with Crippen molar-refractivity contribution in [3.63, 3.8) is 0 Å². The fourth-order valence-corrected chi connectivity index (χ4v) is 1.20. The van der Waals surface area contributed by atoms with Crippen LogP contribution >= 0.6 is 0 Å². The molecule has 0 amide bonds. The minimum Gasteiger partial charge on any atom is -0.478 e. The van der Waals surface area contributed by atoms with Crippen molar-refractivity contribution in [1.82, 2.24) is 0 Å². The van der Waals surface area contributed by atoms with Crippen LogP contribution in [0.2, 0.25) is 0 Å². The minimum atomic E-state index is -0.935. The van der Waals surface area contributed by atoms with E-state index in [2.05, 4.69) is 0 Å². The Balaban J connectivity index is 3.23. The Kier molecular flexibility index (Phi) is 3.25. The summed E-state index contributed by atoms with van der Waals surface area (Å²) in [6, 6.07) is 8.93. The monoisotopic (exact) mass is 201 g/mol. The van der Waals surface area contributed by atoms with Crippen molar-refractivity contribution in [1.29, 1.82) is 5.26 Å². The highest BCUT2D eigenvalue weighted by atomic mass is 16.4. The Morgan fingerprint density at radius 3 is 2.60 bits per heavy atom. The van der Waals surface area contributed by atoms with Crippen molar-refractivity contribution in [2.24, 2.45) is 0 Å². The smallest absolute Gasteiger partial charge is 0.331 e. The van der Waals surface area contributed by atoms with Crippen molar-refractivity contribution in [2.45, 2.75) is 13.8 Å². The third-order valence-corrected chi connectivity index (χ3v) is 2.31. The number of hydrogen-bond acceptors (Lipinski definition) is 2. The summed E-state index contributed by atoms with van der Waals surface area (Å²) in [5.74, 6) is -0.935. The van der Waals surface area contributed by atoms with Gasteiger partial charge >= 0.3 is 5.97 Å². The number of nitrogens with zero attached hydrogens (tertiary/aromatic N) is 1. The zero-order chi connectivity index (χ0) is 11.4. The zero-order valence-electron chi connectivity index (χ0n) is 8.61. The summed E-state index contributed by atoms with van der Waals surface area (Å²) < 4.78 is 0. The van der Waals surface area contributed by atoms with E-state index in [1.807, 2.05) is 6.07 Å². The summed E-state index contributed by atoms with van der Waals surface area (Å²) in [6.45, 7) is 3.29. The van der Waals surface area contributed by atoms with E-state index in [1.54, 1.807) is 38.1 Å². The molecule has 1 N–H and O–H groups in total. The number of nitriles is 1. The van der Waals surface area contributed by atoms with Gasteiger partial charge in [0, 0.05) is 5.57 Å². The lowest BCUT2D eigenvalue weighted by Gasteiger charge is -2.04. The van der Waals surface area contributed by atoms with E-state index in [4.69, 9.17) is 10.4 Å². The highest BCUT2D eigenvalue weighted by Crippen LogP contribution is 2.19. The molecule has 76 valence electrons. The van der Waals surface area contributed by atoms with Crippen LogP contribution < -0.4 is 0 Å². The number of aliphatic carboxylic acids is 1. The van der Waals surface area contributed by atoms with E-state index in [0.717, 1.165) is 5.56 Å². The summed E-state index contributed by atoms with van der Waals surface area (Å²) in [4.78, 5) is 10.7. The van der Waals surface area contributed by atoms with E-state index in [9.17, 15) is 4.79 Å². The maximum atomic E-state index is 10.7. The summed E-state index contributed by atoms with van der Waals surface area (Å²) in [5.41, 5.74) is 2.28. The van der Waals surface area contributed by atoms with Crippen LogP contribution in [0.25, 0.3) is 5.57 Å². The fourth-order valence-electron chi connectivity index (χ4n) is 1.20. The van der Waals surface area contributed by atoms with Gasteiger partial charge in [0.15, 0.2) is 0 Å². The lowest BCUT2D eigenvalue weighted by molar-refractivity contribution is -0.132. The molecule has 1 rings (SSSR count). The molecule has 0 aliphatic heterocycles. The fraction of sp³-hybridized carbons (Fsp3) is 0.167. The van der Waals surface area contributed by atoms with Gasteiger partial charge in [-0.1, -0.05) is 12.1 Å². The van der Waals surface area contributed by atoms with Gasteiger partial charge in [0.2, 0.25) is 0 Å². The molecule has 0 heterocycles. The SMILES string of the molecule is C/C(C(=O)O)=C(\C)c1cccc(C#N)c1. The van der Waals surface area contributed by atoms with Crippen molar-refractivity contribution < 1.29 is 9.90 Å². The molecule has 3 nitrogen and oxygen atoms in total. The van der Waals surface area contributed by atoms with E-state index in [-0.39, 0.29) is 0 Å². The molecule has 0 bridgehead atoms. The molecule has 0 radical (unpaired) electrons. The van der Waals surface area contributed by atoms with Gasteiger partial charge < -0.3 is 5.11 Å². The van der Waals surface area contributed by atoms with Gasteiger partial charge in [0.1, 0.15) is 0 Å². The van der Waals surface area contributed by atoms with Gasteiger partial charge in [0.05, 0.1) is 11.6 Å². The summed E-state index contributed by atoms with van der Waals surface area (Å²) >= 11 is 0. The van der Waals surface area contributed by atoms with Crippen molar-refractivity contribution >= 4 is 11.5 Å². The van der Waals surface area contributed by atoms with Crippen molar-refractivity contribution in [2.75, 3.05) is 0 Å². The first kappa shape index (κ1) is 11.0.